The SMILES string of the molecule is CCC1=C(C)C(=Cc2ccc(C(=O)Cl)cc2)CCC1(C)C. The molecule has 0 unspecified atom stereocenters. The number of rotatable bonds is 3. The molecule has 0 spiro atoms. The summed E-state index contributed by atoms with van der Waals surface area (Å²) in [5, 5.41) is -0.405. The smallest absolute Gasteiger partial charge is 0.252 e. The van der Waals surface area contributed by atoms with E-state index in [0.717, 1.165) is 18.4 Å². The van der Waals surface area contributed by atoms with Gasteiger partial charge in [-0.25, -0.2) is 0 Å². The number of halogens is 1. The van der Waals surface area contributed by atoms with Gasteiger partial charge in [-0.1, -0.05) is 44.6 Å². The highest BCUT2D eigenvalue weighted by Crippen LogP contribution is 2.44. The van der Waals surface area contributed by atoms with Crippen molar-refractivity contribution in [1.29, 1.82) is 0 Å². The molecule has 1 nitrogen and oxygen atoms in total. The van der Waals surface area contributed by atoms with Crippen molar-refractivity contribution in [2.75, 3.05) is 0 Å². The summed E-state index contributed by atoms with van der Waals surface area (Å²) in [7, 11) is 0. The van der Waals surface area contributed by atoms with Crippen molar-refractivity contribution in [3.05, 3.63) is 52.1 Å². The Bertz CT molecular complexity index is 603. The second-order valence-electron chi connectivity index (χ2n) is 6.41. The number of allylic oxidation sites excluding steroid dienone is 3. The zero-order chi connectivity index (χ0) is 15.6. The van der Waals surface area contributed by atoms with Crippen LogP contribution in [0.2, 0.25) is 0 Å². The average molecular weight is 303 g/mol. The molecule has 0 saturated heterocycles. The quantitative estimate of drug-likeness (QED) is 0.626. The third kappa shape index (κ3) is 3.47. The molecule has 0 bridgehead atoms. The zero-order valence-electron chi connectivity index (χ0n) is 13.3. The molecule has 2 heteroatoms. The lowest BCUT2D eigenvalue weighted by molar-refractivity contribution is 0.108. The lowest BCUT2D eigenvalue weighted by atomic mass is 9.70. The summed E-state index contributed by atoms with van der Waals surface area (Å²) in [6.45, 7) is 9.16. The lowest BCUT2D eigenvalue weighted by Gasteiger charge is -2.35. The number of hydrogen-bond acceptors (Lipinski definition) is 1. The molecule has 1 aliphatic carbocycles. The van der Waals surface area contributed by atoms with Gasteiger partial charge in [-0.3, -0.25) is 4.79 Å². The Morgan fingerprint density at radius 3 is 2.43 bits per heavy atom. The van der Waals surface area contributed by atoms with Gasteiger partial charge in [-0.15, -0.1) is 0 Å². The van der Waals surface area contributed by atoms with Gasteiger partial charge < -0.3 is 0 Å². The second kappa shape index (κ2) is 6.19. The Labute approximate surface area is 132 Å². The molecule has 0 radical (unpaired) electrons. The Kier molecular flexibility index (Phi) is 4.73. The van der Waals surface area contributed by atoms with Crippen molar-refractivity contribution in [1.82, 2.24) is 0 Å². The number of hydrogen-bond donors (Lipinski definition) is 0. The topological polar surface area (TPSA) is 17.1 Å². The zero-order valence-corrected chi connectivity index (χ0v) is 14.1. The third-order valence-electron chi connectivity index (χ3n) is 4.60. The minimum absolute atomic E-state index is 0.311. The number of benzene rings is 1. The van der Waals surface area contributed by atoms with Gasteiger partial charge in [0, 0.05) is 5.56 Å². The monoisotopic (exact) mass is 302 g/mol. The van der Waals surface area contributed by atoms with E-state index in [4.69, 9.17) is 11.6 Å². The van der Waals surface area contributed by atoms with Crippen molar-refractivity contribution < 1.29 is 4.79 Å². The first-order valence-corrected chi connectivity index (χ1v) is 7.94. The summed E-state index contributed by atoms with van der Waals surface area (Å²) in [6, 6.07) is 7.49. The van der Waals surface area contributed by atoms with Crippen molar-refractivity contribution in [2.24, 2.45) is 5.41 Å². The van der Waals surface area contributed by atoms with Gasteiger partial charge >= 0.3 is 0 Å². The molecule has 1 aromatic rings. The maximum absolute atomic E-state index is 11.1. The van der Waals surface area contributed by atoms with Crippen LogP contribution in [0.1, 0.15) is 62.9 Å². The van der Waals surface area contributed by atoms with E-state index >= 15 is 0 Å². The van der Waals surface area contributed by atoms with Gasteiger partial charge in [-0.05, 0) is 72.0 Å². The third-order valence-corrected chi connectivity index (χ3v) is 4.82. The maximum atomic E-state index is 11.1. The summed E-state index contributed by atoms with van der Waals surface area (Å²) in [5.74, 6) is 0. The van der Waals surface area contributed by atoms with E-state index in [9.17, 15) is 4.79 Å². The lowest BCUT2D eigenvalue weighted by Crippen LogP contribution is -2.21. The molecular formula is C19H23ClO. The molecular weight excluding hydrogens is 280 g/mol. The fourth-order valence-corrected chi connectivity index (χ4v) is 3.45. The molecule has 0 aromatic heterocycles. The summed E-state index contributed by atoms with van der Waals surface area (Å²) in [5.41, 5.74) is 6.40. The van der Waals surface area contributed by atoms with Crippen molar-refractivity contribution in [2.45, 2.75) is 47.0 Å². The van der Waals surface area contributed by atoms with Crippen LogP contribution in [-0.4, -0.2) is 5.24 Å². The van der Waals surface area contributed by atoms with Crippen LogP contribution >= 0.6 is 11.6 Å². The Morgan fingerprint density at radius 2 is 1.90 bits per heavy atom. The summed E-state index contributed by atoms with van der Waals surface area (Å²) in [6.07, 6.45) is 5.65. The van der Waals surface area contributed by atoms with Crippen LogP contribution in [0.3, 0.4) is 0 Å². The molecule has 0 amide bonds. The summed E-state index contributed by atoms with van der Waals surface area (Å²) in [4.78, 5) is 11.1. The highest BCUT2D eigenvalue weighted by Gasteiger charge is 2.29. The van der Waals surface area contributed by atoms with Crippen LogP contribution in [0.25, 0.3) is 6.08 Å². The van der Waals surface area contributed by atoms with E-state index in [1.807, 2.05) is 12.1 Å². The molecule has 2 rings (SSSR count). The van der Waals surface area contributed by atoms with E-state index in [1.54, 1.807) is 17.7 Å². The van der Waals surface area contributed by atoms with Crippen LogP contribution in [0.15, 0.2) is 41.0 Å². The van der Waals surface area contributed by atoms with Crippen LogP contribution in [0.4, 0.5) is 0 Å². The Hall–Kier alpha value is -1.34. The predicted molar refractivity (Wildman–Crippen MR) is 90.6 cm³/mol. The Balaban J connectivity index is 2.35. The first kappa shape index (κ1) is 16.0. The molecule has 1 aromatic carbocycles. The van der Waals surface area contributed by atoms with Gasteiger partial charge in [0.2, 0.25) is 0 Å². The normalized spacial score (nSPS) is 20.0. The molecule has 0 aliphatic heterocycles. The first-order chi connectivity index (χ1) is 9.85. The summed E-state index contributed by atoms with van der Waals surface area (Å²) < 4.78 is 0. The van der Waals surface area contributed by atoms with Gasteiger partial charge in [0.1, 0.15) is 0 Å². The van der Waals surface area contributed by atoms with E-state index in [1.165, 1.54) is 17.6 Å². The molecule has 0 atom stereocenters. The minimum Gasteiger partial charge on any atom is -0.276 e. The highest BCUT2D eigenvalue weighted by molar-refractivity contribution is 6.67. The standard InChI is InChI=1S/C19H23ClO/c1-5-17-13(2)16(10-11-19(17,3)4)12-14-6-8-15(9-7-14)18(20)21/h6-9,12H,5,10-11H2,1-4H3. The van der Waals surface area contributed by atoms with Gasteiger partial charge in [-0.2, -0.15) is 0 Å². The van der Waals surface area contributed by atoms with Crippen LogP contribution < -0.4 is 0 Å². The van der Waals surface area contributed by atoms with Crippen molar-refractivity contribution in [3.8, 4) is 0 Å². The molecule has 0 heterocycles. The average Bonchev–Trinajstić information content (AvgIpc) is 2.43. The number of carbonyl (C=O) groups excluding carboxylic acids is 1. The molecule has 1 aliphatic rings. The molecule has 112 valence electrons. The van der Waals surface area contributed by atoms with Crippen LogP contribution in [0, 0.1) is 5.41 Å². The minimum atomic E-state index is -0.405. The first-order valence-electron chi connectivity index (χ1n) is 7.56. The molecule has 21 heavy (non-hydrogen) atoms. The van der Waals surface area contributed by atoms with E-state index < -0.39 is 5.24 Å². The largest absolute Gasteiger partial charge is 0.276 e. The predicted octanol–water partition coefficient (Wildman–Crippen LogP) is 6.00. The van der Waals surface area contributed by atoms with Gasteiger partial charge in [0.15, 0.2) is 0 Å². The van der Waals surface area contributed by atoms with Crippen LogP contribution in [0.5, 0.6) is 0 Å². The molecule has 0 N–H and O–H groups in total. The fraction of sp³-hybridized carbons (Fsp3) is 0.421. The Morgan fingerprint density at radius 1 is 1.29 bits per heavy atom. The maximum Gasteiger partial charge on any atom is 0.252 e. The fourth-order valence-electron chi connectivity index (χ4n) is 3.32. The van der Waals surface area contributed by atoms with Crippen LogP contribution in [-0.2, 0) is 0 Å². The van der Waals surface area contributed by atoms with E-state index in [0.29, 0.717) is 11.0 Å². The van der Waals surface area contributed by atoms with Crippen molar-refractivity contribution in [3.63, 3.8) is 0 Å². The molecule has 0 fully saturated rings. The highest BCUT2D eigenvalue weighted by atomic mass is 35.5. The summed E-state index contributed by atoms with van der Waals surface area (Å²) >= 11 is 5.48. The molecule has 0 saturated carbocycles. The van der Waals surface area contributed by atoms with Gasteiger partial charge in [0.05, 0.1) is 0 Å². The number of carbonyl (C=O) groups is 1. The second-order valence-corrected chi connectivity index (χ2v) is 6.75. The van der Waals surface area contributed by atoms with E-state index in [-0.39, 0.29) is 0 Å². The van der Waals surface area contributed by atoms with Crippen molar-refractivity contribution >= 4 is 22.9 Å². The van der Waals surface area contributed by atoms with E-state index in [2.05, 4.69) is 33.8 Å². The van der Waals surface area contributed by atoms with Gasteiger partial charge in [0.25, 0.3) is 5.24 Å².